The molecule has 1 aromatic rings. The first kappa shape index (κ1) is 10.2. The molecule has 2 unspecified atom stereocenters. The average Bonchev–Trinajstić information content (AvgIpc) is 2.19. The lowest BCUT2D eigenvalue weighted by Crippen LogP contribution is -2.21. The fourth-order valence-corrected chi connectivity index (χ4v) is 1.33. The topological polar surface area (TPSA) is 59.1 Å². The molecule has 3 N–H and O–H groups in total. The molecule has 0 saturated heterocycles. The zero-order valence-electron chi connectivity index (χ0n) is 7.85. The van der Waals surface area contributed by atoms with Gasteiger partial charge in [-0.05, 0) is 30.0 Å². The lowest BCUT2D eigenvalue weighted by molar-refractivity contribution is 0.165. The molecule has 2 atom stereocenters. The van der Waals surface area contributed by atoms with Crippen molar-refractivity contribution in [2.45, 2.75) is 25.4 Å². The van der Waals surface area contributed by atoms with Crippen LogP contribution in [0.2, 0.25) is 0 Å². The lowest BCUT2D eigenvalue weighted by atomic mass is 9.96. The van der Waals surface area contributed by atoms with Crippen molar-refractivity contribution in [3.63, 3.8) is 0 Å². The van der Waals surface area contributed by atoms with Crippen LogP contribution in [-0.2, 0) is 0 Å². The van der Waals surface area contributed by atoms with E-state index in [0.717, 1.165) is 0 Å². The third kappa shape index (κ3) is 3.13. The highest BCUT2D eigenvalue weighted by molar-refractivity contribution is 5.14. The highest BCUT2D eigenvalue weighted by Gasteiger charge is 2.09. The van der Waals surface area contributed by atoms with Gasteiger partial charge in [0.1, 0.15) is 0 Å². The molecule has 13 heavy (non-hydrogen) atoms. The first-order valence-corrected chi connectivity index (χ1v) is 4.52. The Morgan fingerprint density at radius 2 is 2.08 bits per heavy atom. The van der Waals surface area contributed by atoms with Gasteiger partial charge in [0.25, 0.3) is 0 Å². The molecular formula is C10H16N2O. The van der Waals surface area contributed by atoms with E-state index in [4.69, 9.17) is 5.73 Å². The Balaban J connectivity index is 2.53. The summed E-state index contributed by atoms with van der Waals surface area (Å²) >= 11 is 0. The van der Waals surface area contributed by atoms with Crippen LogP contribution in [0, 0.1) is 0 Å². The van der Waals surface area contributed by atoms with Crippen LogP contribution in [-0.4, -0.2) is 22.7 Å². The number of hydrogen-bond acceptors (Lipinski definition) is 3. The van der Waals surface area contributed by atoms with E-state index in [1.165, 1.54) is 5.56 Å². The fraction of sp³-hybridized carbons (Fsp3) is 0.500. The average molecular weight is 180 g/mol. The summed E-state index contributed by atoms with van der Waals surface area (Å²) in [6.07, 6.45) is 3.84. The van der Waals surface area contributed by atoms with Gasteiger partial charge in [-0.1, -0.05) is 6.92 Å². The predicted octanol–water partition coefficient (Wildman–Crippen LogP) is 0.895. The van der Waals surface area contributed by atoms with Gasteiger partial charge in [0.2, 0.25) is 0 Å². The molecule has 3 heteroatoms. The van der Waals surface area contributed by atoms with E-state index in [9.17, 15) is 5.11 Å². The lowest BCUT2D eigenvalue weighted by Gasteiger charge is -2.14. The van der Waals surface area contributed by atoms with Gasteiger partial charge in [0.15, 0.2) is 0 Å². The molecule has 3 nitrogen and oxygen atoms in total. The van der Waals surface area contributed by atoms with Gasteiger partial charge in [0, 0.05) is 18.9 Å². The molecule has 1 heterocycles. The van der Waals surface area contributed by atoms with Crippen molar-refractivity contribution in [1.29, 1.82) is 0 Å². The van der Waals surface area contributed by atoms with E-state index in [-0.39, 0.29) is 0 Å². The summed E-state index contributed by atoms with van der Waals surface area (Å²) in [4.78, 5) is 3.94. The number of pyridine rings is 1. The van der Waals surface area contributed by atoms with Gasteiger partial charge >= 0.3 is 0 Å². The maximum atomic E-state index is 9.35. The molecule has 0 amide bonds. The van der Waals surface area contributed by atoms with Crippen molar-refractivity contribution in [2.75, 3.05) is 6.54 Å². The van der Waals surface area contributed by atoms with Crippen LogP contribution >= 0.6 is 0 Å². The summed E-state index contributed by atoms with van der Waals surface area (Å²) in [5.41, 5.74) is 6.53. The maximum absolute atomic E-state index is 9.35. The molecule has 1 aromatic heterocycles. The molecule has 0 aliphatic heterocycles. The highest BCUT2D eigenvalue weighted by atomic mass is 16.3. The summed E-state index contributed by atoms with van der Waals surface area (Å²) in [5.74, 6) is 0.335. The quantitative estimate of drug-likeness (QED) is 0.723. The number of aliphatic hydroxyl groups excluding tert-OH is 1. The Kier molecular flexibility index (Phi) is 3.86. The third-order valence-electron chi connectivity index (χ3n) is 2.17. The molecule has 0 aliphatic rings. The van der Waals surface area contributed by atoms with Gasteiger partial charge in [-0.25, -0.2) is 0 Å². The summed E-state index contributed by atoms with van der Waals surface area (Å²) in [6.45, 7) is 2.41. The van der Waals surface area contributed by atoms with Crippen LogP contribution in [0.1, 0.15) is 24.8 Å². The minimum atomic E-state index is -0.400. The van der Waals surface area contributed by atoms with E-state index >= 15 is 0 Å². The van der Waals surface area contributed by atoms with Crippen LogP contribution < -0.4 is 5.73 Å². The van der Waals surface area contributed by atoms with Gasteiger partial charge < -0.3 is 10.8 Å². The summed E-state index contributed by atoms with van der Waals surface area (Å²) in [7, 11) is 0. The minimum absolute atomic E-state index is 0.329. The SMILES string of the molecule is CC(CC(O)CN)c1ccncc1. The van der Waals surface area contributed by atoms with E-state index in [1.54, 1.807) is 12.4 Å². The molecule has 0 aliphatic carbocycles. The first-order valence-electron chi connectivity index (χ1n) is 4.52. The van der Waals surface area contributed by atoms with Crippen LogP contribution in [0.15, 0.2) is 24.5 Å². The second-order valence-electron chi connectivity index (χ2n) is 3.31. The largest absolute Gasteiger partial charge is 0.392 e. The fourth-order valence-electron chi connectivity index (χ4n) is 1.33. The summed E-state index contributed by atoms with van der Waals surface area (Å²) in [5, 5.41) is 9.35. The molecule has 0 bridgehead atoms. The van der Waals surface area contributed by atoms with Crippen molar-refractivity contribution in [3.05, 3.63) is 30.1 Å². The maximum Gasteiger partial charge on any atom is 0.0668 e. The van der Waals surface area contributed by atoms with Crippen molar-refractivity contribution < 1.29 is 5.11 Å². The van der Waals surface area contributed by atoms with Crippen LogP contribution in [0.3, 0.4) is 0 Å². The monoisotopic (exact) mass is 180 g/mol. The van der Waals surface area contributed by atoms with Crippen molar-refractivity contribution >= 4 is 0 Å². The molecule has 0 radical (unpaired) electrons. The standard InChI is InChI=1S/C10H16N2O/c1-8(6-10(13)7-11)9-2-4-12-5-3-9/h2-5,8,10,13H,6-7,11H2,1H3. The number of nitrogens with two attached hydrogens (primary N) is 1. The van der Waals surface area contributed by atoms with Gasteiger partial charge in [-0.15, -0.1) is 0 Å². The van der Waals surface area contributed by atoms with Crippen LogP contribution in [0.25, 0.3) is 0 Å². The zero-order valence-corrected chi connectivity index (χ0v) is 7.85. The first-order chi connectivity index (χ1) is 6.24. The number of hydrogen-bond donors (Lipinski definition) is 2. The number of rotatable bonds is 4. The summed E-state index contributed by atoms with van der Waals surface area (Å²) in [6, 6.07) is 3.93. The van der Waals surface area contributed by atoms with Crippen molar-refractivity contribution in [3.8, 4) is 0 Å². The molecule has 72 valence electrons. The van der Waals surface area contributed by atoms with Gasteiger partial charge in [0.05, 0.1) is 6.10 Å². The Morgan fingerprint density at radius 1 is 1.46 bits per heavy atom. The molecule has 1 rings (SSSR count). The molecule has 0 saturated carbocycles. The van der Waals surface area contributed by atoms with Crippen LogP contribution in [0.5, 0.6) is 0 Å². The minimum Gasteiger partial charge on any atom is -0.392 e. The molecular weight excluding hydrogens is 164 g/mol. The molecule has 0 spiro atoms. The van der Waals surface area contributed by atoms with E-state index < -0.39 is 6.10 Å². The Bertz CT molecular complexity index is 238. The van der Waals surface area contributed by atoms with Crippen molar-refractivity contribution in [2.24, 2.45) is 5.73 Å². The van der Waals surface area contributed by atoms with Gasteiger partial charge in [-0.3, -0.25) is 4.98 Å². The highest BCUT2D eigenvalue weighted by Crippen LogP contribution is 2.19. The number of nitrogens with zero attached hydrogens (tertiary/aromatic N) is 1. The normalized spacial score (nSPS) is 15.3. The molecule has 0 aromatic carbocycles. The van der Waals surface area contributed by atoms with E-state index in [0.29, 0.717) is 18.9 Å². The van der Waals surface area contributed by atoms with E-state index in [2.05, 4.69) is 11.9 Å². The van der Waals surface area contributed by atoms with Gasteiger partial charge in [-0.2, -0.15) is 0 Å². The predicted molar refractivity (Wildman–Crippen MR) is 52.3 cm³/mol. The Hall–Kier alpha value is -0.930. The Labute approximate surface area is 78.6 Å². The third-order valence-corrected chi connectivity index (χ3v) is 2.17. The van der Waals surface area contributed by atoms with Crippen molar-refractivity contribution in [1.82, 2.24) is 4.98 Å². The number of aliphatic hydroxyl groups is 1. The zero-order chi connectivity index (χ0) is 9.68. The van der Waals surface area contributed by atoms with E-state index in [1.807, 2.05) is 12.1 Å². The van der Waals surface area contributed by atoms with Crippen LogP contribution in [0.4, 0.5) is 0 Å². The second kappa shape index (κ2) is 4.94. The summed E-state index contributed by atoms with van der Waals surface area (Å²) < 4.78 is 0. The smallest absolute Gasteiger partial charge is 0.0668 e. The second-order valence-corrected chi connectivity index (χ2v) is 3.31. The molecule has 0 fully saturated rings. The Morgan fingerprint density at radius 3 is 2.62 bits per heavy atom. The number of aromatic nitrogens is 1.